The number of morpholine rings is 1. The van der Waals surface area contributed by atoms with Crippen molar-refractivity contribution in [2.24, 2.45) is 0 Å². The number of fused-ring (bicyclic) bond motifs is 1. The molecule has 3 fully saturated rings. The molecule has 7 nitrogen and oxygen atoms in total. The molecule has 32 heavy (non-hydrogen) atoms. The van der Waals surface area contributed by atoms with Crippen molar-refractivity contribution in [2.45, 2.75) is 89.3 Å². The number of rotatable bonds is 6. The van der Waals surface area contributed by atoms with Gasteiger partial charge >= 0.3 is 0 Å². The highest BCUT2D eigenvalue weighted by Gasteiger charge is 2.41. The van der Waals surface area contributed by atoms with Gasteiger partial charge in [0, 0.05) is 62.1 Å². The number of piperidine rings is 1. The average Bonchev–Trinajstić information content (AvgIpc) is 3.49. The predicted octanol–water partition coefficient (Wildman–Crippen LogP) is 2.62. The van der Waals surface area contributed by atoms with E-state index in [1.54, 1.807) is 0 Å². The summed E-state index contributed by atoms with van der Waals surface area (Å²) in [7, 11) is 0. The summed E-state index contributed by atoms with van der Waals surface area (Å²) in [4.78, 5) is 18.1. The van der Waals surface area contributed by atoms with Gasteiger partial charge < -0.3 is 15.0 Å². The minimum absolute atomic E-state index is 0.161. The number of hydrogen-bond donors (Lipinski definition) is 1. The Hall–Kier alpha value is -1.44. The van der Waals surface area contributed by atoms with Crippen LogP contribution in [0.3, 0.4) is 0 Å². The van der Waals surface area contributed by atoms with E-state index >= 15 is 0 Å². The van der Waals surface area contributed by atoms with E-state index in [1.807, 2.05) is 4.90 Å². The quantitative estimate of drug-likeness (QED) is 0.732. The molecule has 1 aromatic rings. The number of aryl methyl sites for hydroxylation is 1. The monoisotopic (exact) mass is 443 g/mol. The SMILES string of the molecule is CCn1nc(C(=O)N2CCCCC2)c2c1CCC(NCC1(N3CCOCC3)CCCC1)C2. The summed E-state index contributed by atoms with van der Waals surface area (Å²) in [6.45, 7) is 9.67. The average molecular weight is 444 g/mol. The van der Waals surface area contributed by atoms with Crippen molar-refractivity contribution in [3.8, 4) is 0 Å². The maximum atomic E-state index is 13.3. The van der Waals surface area contributed by atoms with Crippen LogP contribution >= 0.6 is 0 Å². The Bertz CT molecular complexity index is 788. The summed E-state index contributed by atoms with van der Waals surface area (Å²) in [5.41, 5.74) is 3.55. The predicted molar refractivity (Wildman–Crippen MR) is 125 cm³/mol. The van der Waals surface area contributed by atoms with E-state index in [1.165, 1.54) is 43.4 Å². The van der Waals surface area contributed by atoms with Gasteiger partial charge in [-0.3, -0.25) is 14.4 Å². The topological polar surface area (TPSA) is 62.6 Å². The molecule has 2 saturated heterocycles. The van der Waals surface area contributed by atoms with Crippen molar-refractivity contribution >= 4 is 5.91 Å². The van der Waals surface area contributed by atoms with Gasteiger partial charge in [0.1, 0.15) is 0 Å². The smallest absolute Gasteiger partial charge is 0.274 e. The Labute approximate surface area is 192 Å². The van der Waals surface area contributed by atoms with Crippen LogP contribution in [0.25, 0.3) is 0 Å². The number of carbonyl (C=O) groups excluding carboxylic acids is 1. The Kier molecular flexibility index (Phi) is 6.86. The van der Waals surface area contributed by atoms with Gasteiger partial charge in [0.2, 0.25) is 0 Å². The molecule has 178 valence electrons. The number of carbonyl (C=O) groups is 1. The number of likely N-dealkylation sites (tertiary alicyclic amines) is 1. The molecule has 1 N–H and O–H groups in total. The van der Waals surface area contributed by atoms with Crippen LogP contribution in [0, 0.1) is 0 Å². The number of amides is 1. The second-order valence-electron chi connectivity index (χ2n) is 10.3. The van der Waals surface area contributed by atoms with Crippen LogP contribution in [-0.2, 0) is 24.1 Å². The largest absolute Gasteiger partial charge is 0.379 e. The van der Waals surface area contributed by atoms with Crippen molar-refractivity contribution in [1.29, 1.82) is 0 Å². The first kappa shape index (κ1) is 22.4. The second-order valence-corrected chi connectivity index (χ2v) is 10.3. The van der Waals surface area contributed by atoms with Crippen molar-refractivity contribution < 1.29 is 9.53 Å². The minimum Gasteiger partial charge on any atom is -0.379 e. The Balaban J connectivity index is 1.29. The molecule has 2 aliphatic heterocycles. The standard InChI is InChI=1S/C25H41N5O2/c1-2-30-22-9-8-20(18-21(22)23(27-30)24(31)28-12-6-3-7-13-28)26-19-25(10-4-5-11-25)29-14-16-32-17-15-29/h20,26H,2-19H2,1H3. The number of nitrogens with zero attached hydrogens (tertiary/aromatic N) is 4. The lowest BCUT2D eigenvalue weighted by Crippen LogP contribution is -2.58. The van der Waals surface area contributed by atoms with Crippen LogP contribution in [0.4, 0.5) is 0 Å². The summed E-state index contributed by atoms with van der Waals surface area (Å²) >= 11 is 0. The van der Waals surface area contributed by atoms with E-state index in [0.717, 1.165) is 90.3 Å². The van der Waals surface area contributed by atoms with Crippen molar-refractivity contribution in [1.82, 2.24) is 24.9 Å². The molecular weight excluding hydrogens is 402 g/mol. The molecule has 0 radical (unpaired) electrons. The molecule has 0 aromatic carbocycles. The van der Waals surface area contributed by atoms with E-state index < -0.39 is 0 Å². The number of ether oxygens (including phenoxy) is 1. The van der Waals surface area contributed by atoms with Gasteiger partial charge in [-0.25, -0.2) is 0 Å². The zero-order chi connectivity index (χ0) is 22.0. The number of nitrogens with one attached hydrogen (secondary N) is 1. The highest BCUT2D eigenvalue weighted by Crippen LogP contribution is 2.36. The highest BCUT2D eigenvalue weighted by molar-refractivity contribution is 5.94. The zero-order valence-corrected chi connectivity index (χ0v) is 19.9. The first-order valence-corrected chi connectivity index (χ1v) is 13.1. The maximum Gasteiger partial charge on any atom is 0.274 e. The first-order valence-electron chi connectivity index (χ1n) is 13.1. The molecule has 4 aliphatic rings. The molecule has 1 aromatic heterocycles. The van der Waals surface area contributed by atoms with Crippen LogP contribution in [0.5, 0.6) is 0 Å². The fourth-order valence-corrected chi connectivity index (χ4v) is 6.55. The molecule has 7 heteroatoms. The summed E-state index contributed by atoms with van der Waals surface area (Å²) in [6, 6.07) is 0.434. The summed E-state index contributed by atoms with van der Waals surface area (Å²) in [6.07, 6.45) is 11.8. The van der Waals surface area contributed by atoms with E-state index in [0.29, 0.717) is 11.6 Å². The van der Waals surface area contributed by atoms with Gasteiger partial charge in [-0.05, 0) is 58.3 Å². The van der Waals surface area contributed by atoms with Crippen LogP contribution in [-0.4, -0.2) is 83.0 Å². The zero-order valence-electron chi connectivity index (χ0n) is 19.9. The summed E-state index contributed by atoms with van der Waals surface area (Å²) < 4.78 is 7.72. The third-order valence-electron chi connectivity index (χ3n) is 8.43. The molecule has 3 heterocycles. The molecule has 1 amide bonds. The van der Waals surface area contributed by atoms with Crippen molar-refractivity contribution in [3.05, 3.63) is 17.0 Å². The van der Waals surface area contributed by atoms with E-state index in [-0.39, 0.29) is 5.91 Å². The van der Waals surface area contributed by atoms with Crippen LogP contribution in [0.1, 0.15) is 80.0 Å². The normalized spacial score (nSPS) is 26.3. The Morgan fingerprint density at radius 2 is 1.84 bits per heavy atom. The summed E-state index contributed by atoms with van der Waals surface area (Å²) in [5.74, 6) is 0.161. The maximum absolute atomic E-state index is 13.3. The van der Waals surface area contributed by atoms with Gasteiger partial charge in [0.05, 0.1) is 13.2 Å². The number of hydrogen-bond acceptors (Lipinski definition) is 5. The molecule has 1 saturated carbocycles. The summed E-state index contributed by atoms with van der Waals surface area (Å²) in [5, 5.41) is 8.79. The van der Waals surface area contributed by atoms with E-state index in [9.17, 15) is 4.79 Å². The second kappa shape index (κ2) is 9.82. The van der Waals surface area contributed by atoms with Crippen LogP contribution in [0.15, 0.2) is 0 Å². The Morgan fingerprint density at radius 1 is 1.09 bits per heavy atom. The molecule has 0 spiro atoms. The van der Waals surface area contributed by atoms with E-state index in [4.69, 9.17) is 9.84 Å². The third-order valence-corrected chi connectivity index (χ3v) is 8.43. The molecule has 2 aliphatic carbocycles. The molecule has 5 rings (SSSR count). The molecular formula is C25H41N5O2. The first-order chi connectivity index (χ1) is 15.7. The fraction of sp³-hybridized carbons (Fsp3) is 0.840. The van der Waals surface area contributed by atoms with Crippen molar-refractivity contribution in [2.75, 3.05) is 45.9 Å². The lowest BCUT2D eigenvalue weighted by molar-refractivity contribution is -0.0213. The Morgan fingerprint density at radius 3 is 2.56 bits per heavy atom. The molecule has 1 unspecified atom stereocenters. The fourth-order valence-electron chi connectivity index (χ4n) is 6.55. The van der Waals surface area contributed by atoms with E-state index in [2.05, 4.69) is 21.8 Å². The van der Waals surface area contributed by atoms with Crippen molar-refractivity contribution in [3.63, 3.8) is 0 Å². The molecule has 1 atom stereocenters. The third kappa shape index (κ3) is 4.36. The van der Waals surface area contributed by atoms with Gasteiger partial charge in [0.15, 0.2) is 5.69 Å². The number of aromatic nitrogens is 2. The lowest BCUT2D eigenvalue weighted by Gasteiger charge is -2.44. The molecule has 0 bridgehead atoms. The minimum atomic E-state index is 0.161. The van der Waals surface area contributed by atoms with Crippen LogP contribution in [0.2, 0.25) is 0 Å². The van der Waals surface area contributed by atoms with Gasteiger partial charge in [0.25, 0.3) is 5.91 Å². The highest BCUT2D eigenvalue weighted by atomic mass is 16.5. The van der Waals surface area contributed by atoms with Crippen LogP contribution < -0.4 is 5.32 Å². The van der Waals surface area contributed by atoms with Gasteiger partial charge in [-0.15, -0.1) is 0 Å². The van der Waals surface area contributed by atoms with Gasteiger partial charge in [-0.1, -0.05) is 12.8 Å². The van der Waals surface area contributed by atoms with Gasteiger partial charge in [-0.2, -0.15) is 5.10 Å². The lowest BCUT2D eigenvalue weighted by atomic mass is 9.89.